The Morgan fingerprint density at radius 2 is 0.828 bits per heavy atom. The Labute approximate surface area is 342 Å². The third kappa shape index (κ3) is 5.76. The molecule has 2 aromatic heterocycles. The number of fused-ring (bicyclic) bond motifs is 6. The second kappa shape index (κ2) is 13.6. The van der Waals surface area contributed by atoms with Crippen LogP contribution in [0, 0.1) is 0 Å². The summed E-state index contributed by atoms with van der Waals surface area (Å²) in [5.74, 6) is 1.97. The van der Waals surface area contributed by atoms with Crippen molar-refractivity contribution in [2.75, 3.05) is 0 Å². The summed E-state index contributed by atoms with van der Waals surface area (Å²) in [6.45, 7) is 4.66. The number of hydrogen-bond acceptors (Lipinski definition) is 4. The Bertz CT molecular complexity index is 3160. The van der Waals surface area contributed by atoms with Gasteiger partial charge in [0, 0.05) is 42.3 Å². The highest BCUT2D eigenvalue weighted by molar-refractivity contribution is 7.26. The Morgan fingerprint density at radius 3 is 1.53 bits per heavy atom. The number of hydrogen-bond donors (Lipinski definition) is 0. The Kier molecular flexibility index (Phi) is 8.02. The molecule has 0 unspecified atom stereocenters. The van der Waals surface area contributed by atoms with Crippen molar-refractivity contribution in [3.63, 3.8) is 0 Å². The molecule has 3 nitrogen and oxygen atoms in total. The van der Waals surface area contributed by atoms with E-state index < -0.39 is 0 Å². The molecule has 10 aromatic rings. The lowest BCUT2D eigenvalue weighted by molar-refractivity contribution is 0.660. The van der Waals surface area contributed by atoms with Crippen molar-refractivity contribution in [1.29, 1.82) is 0 Å². The number of nitrogens with zero attached hydrogens (tertiary/aromatic N) is 3. The quantitative estimate of drug-likeness (QED) is 0.169. The van der Waals surface area contributed by atoms with Crippen molar-refractivity contribution in [3.05, 3.63) is 199 Å². The van der Waals surface area contributed by atoms with Crippen molar-refractivity contribution in [1.82, 2.24) is 15.0 Å². The maximum Gasteiger partial charge on any atom is 0.164 e. The van der Waals surface area contributed by atoms with Gasteiger partial charge in [-0.1, -0.05) is 178 Å². The van der Waals surface area contributed by atoms with Crippen molar-refractivity contribution in [2.24, 2.45) is 0 Å². The molecule has 0 aliphatic heterocycles. The fourth-order valence-electron chi connectivity index (χ4n) is 8.72. The van der Waals surface area contributed by atoms with Crippen LogP contribution < -0.4 is 0 Å². The van der Waals surface area contributed by atoms with Crippen LogP contribution in [-0.2, 0) is 5.41 Å². The van der Waals surface area contributed by atoms with E-state index in [9.17, 15) is 0 Å². The average Bonchev–Trinajstić information content (AvgIpc) is 3.78. The van der Waals surface area contributed by atoms with Gasteiger partial charge in [-0.05, 0) is 79.9 Å². The first-order valence-corrected chi connectivity index (χ1v) is 20.6. The Balaban J connectivity index is 0.995. The summed E-state index contributed by atoms with van der Waals surface area (Å²) in [5.41, 5.74) is 15.4. The lowest BCUT2D eigenvalue weighted by Crippen LogP contribution is -2.14. The van der Waals surface area contributed by atoms with Crippen LogP contribution in [0.3, 0.4) is 0 Å². The van der Waals surface area contributed by atoms with Crippen LogP contribution in [0.5, 0.6) is 0 Å². The standard InChI is InChI=1S/C54H37N3S/c1-54(2)46-18-10-9-16-42(46)43-30-28-41(33-47(43)54)37-24-26-39(27-25-37)52-55-51(38-14-7-4-8-15-38)56-53(57-52)44-17-11-19-49-50(44)45-32-40(29-31-48(45)58-49)36-22-20-35(21-23-36)34-12-5-3-6-13-34/h3-33H,1-2H3. The maximum atomic E-state index is 5.23. The minimum absolute atomic E-state index is 0.0522. The molecule has 11 rings (SSSR count). The molecule has 0 bridgehead atoms. The van der Waals surface area contributed by atoms with Gasteiger partial charge in [-0.3, -0.25) is 0 Å². The minimum Gasteiger partial charge on any atom is -0.208 e. The van der Waals surface area contributed by atoms with Crippen molar-refractivity contribution in [2.45, 2.75) is 19.3 Å². The van der Waals surface area contributed by atoms with E-state index in [0.29, 0.717) is 17.5 Å². The molecule has 0 spiro atoms. The molecular formula is C54H37N3S. The van der Waals surface area contributed by atoms with Gasteiger partial charge in [-0.2, -0.15) is 0 Å². The Morgan fingerprint density at radius 1 is 0.345 bits per heavy atom. The van der Waals surface area contributed by atoms with E-state index in [4.69, 9.17) is 15.0 Å². The predicted molar refractivity (Wildman–Crippen MR) is 243 cm³/mol. The summed E-state index contributed by atoms with van der Waals surface area (Å²) >= 11 is 1.81. The molecule has 8 aromatic carbocycles. The van der Waals surface area contributed by atoms with Crippen LogP contribution in [0.15, 0.2) is 188 Å². The third-order valence-corrected chi connectivity index (χ3v) is 12.9. The summed E-state index contributed by atoms with van der Waals surface area (Å²) in [6, 6.07) is 67.3. The summed E-state index contributed by atoms with van der Waals surface area (Å²) in [6.07, 6.45) is 0. The number of aromatic nitrogens is 3. The molecule has 0 N–H and O–H groups in total. The fraction of sp³-hybridized carbons (Fsp3) is 0.0556. The normalized spacial score (nSPS) is 12.8. The molecule has 0 saturated carbocycles. The highest BCUT2D eigenvalue weighted by atomic mass is 32.1. The van der Waals surface area contributed by atoms with E-state index in [1.807, 2.05) is 29.5 Å². The molecule has 0 atom stereocenters. The Hall–Kier alpha value is -7.01. The SMILES string of the molecule is CC1(C)c2ccccc2-c2ccc(-c3ccc(-c4nc(-c5ccccc5)nc(-c5cccc6sc7ccc(-c8ccc(-c9ccccc9)cc8)cc7c56)n4)cc3)cc21. The highest BCUT2D eigenvalue weighted by Gasteiger charge is 2.35. The average molecular weight is 760 g/mol. The summed E-state index contributed by atoms with van der Waals surface area (Å²) < 4.78 is 2.44. The summed E-state index contributed by atoms with van der Waals surface area (Å²) in [4.78, 5) is 15.5. The van der Waals surface area contributed by atoms with E-state index in [2.05, 4.69) is 184 Å². The van der Waals surface area contributed by atoms with Crippen molar-refractivity contribution in [3.8, 4) is 78.7 Å². The maximum absolute atomic E-state index is 5.23. The van der Waals surface area contributed by atoms with Gasteiger partial charge in [0.05, 0.1) is 0 Å². The van der Waals surface area contributed by atoms with Crippen LogP contribution in [0.2, 0.25) is 0 Å². The minimum atomic E-state index is -0.0522. The lowest BCUT2D eigenvalue weighted by Gasteiger charge is -2.22. The monoisotopic (exact) mass is 759 g/mol. The first kappa shape index (κ1) is 34.3. The van der Waals surface area contributed by atoms with Gasteiger partial charge in [0.2, 0.25) is 0 Å². The van der Waals surface area contributed by atoms with E-state index in [-0.39, 0.29) is 5.41 Å². The van der Waals surface area contributed by atoms with Crippen LogP contribution in [0.4, 0.5) is 0 Å². The first-order valence-electron chi connectivity index (χ1n) is 19.8. The molecule has 274 valence electrons. The summed E-state index contributed by atoms with van der Waals surface area (Å²) in [7, 11) is 0. The van der Waals surface area contributed by atoms with Crippen molar-refractivity contribution < 1.29 is 0 Å². The fourth-order valence-corrected chi connectivity index (χ4v) is 9.83. The molecular weight excluding hydrogens is 723 g/mol. The van der Waals surface area contributed by atoms with E-state index in [1.165, 1.54) is 70.2 Å². The zero-order chi connectivity index (χ0) is 38.8. The lowest BCUT2D eigenvalue weighted by atomic mass is 9.81. The second-order valence-electron chi connectivity index (χ2n) is 15.6. The number of benzene rings is 8. The molecule has 2 heterocycles. The number of thiophene rings is 1. The molecule has 0 saturated heterocycles. The molecule has 4 heteroatoms. The van der Waals surface area contributed by atoms with Crippen LogP contribution in [-0.4, -0.2) is 15.0 Å². The predicted octanol–water partition coefficient (Wildman–Crippen LogP) is 14.5. The largest absolute Gasteiger partial charge is 0.208 e. The van der Waals surface area contributed by atoms with Crippen LogP contribution in [0.25, 0.3) is 98.8 Å². The van der Waals surface area contributed by atoms with Gasteiger partial charge in [0.15, 0.2) is 17.5 Å². The van der Waals surface area contributed by atoms with Gasteiger partial charge >= 0.3 is 0 Å². The van der Waals surface area contributed by atoms with Crippen LogP contribution in [0.1, 0.15) is 25.0 Å². The van der Waals surface area contributed by atoms with Gasteiger partial charge in [-0.25, -0.2) is 15.0 Å². The van der Waals surface area contributed by atoms with Gasteiger partial charge < -0.3 is 0 Å². The molecule has 0 amide bonds. The third-order valence-electron chi connectivity index (χ3n) is 11.8. The smallest absolute Gasteiger partial charge is 0.164 e. The van der Waals surface area contributed by atoms with Crippen molar-refractivity contribution >= 4 is 31.5 Å². The van der Waals surface area contributed by atoms with E-state index >= 15 is 0 Å². The molecule has 0 radical (unpaired) electrons. The number of rotatable bonds is 6. The van der Waals surface area contributed by atoms with Crippen LogP contribution >= 0.6 is 11.3 Å². The van der Waals surface area contributed by atoms with Gasteiger partial charge in [-0.15, -0.1) is 11.3 Å². The molecule has 1 aliphatic rings. The zero-order valence-corrected chi connectivity index (χ0v) is 33.0. The first-order chi connectivity index (χ1) is 28.5. The topological polar surface area (TPSA) is 38.7 Å². The molecule has 1 aliphatic carbocycles. The molecule has 0 fully saturated rings. The zero-order valence-electron chi connectivity index (χ0n) is 32.1. The van der Waals surface area contributed by atoms with Gasteiger partial charge in [0.25, 0.3) is 0 Å². The van der Waals surface area contributed by atoms with E-state index in [1.54, 1.807) is 0 Å². The highest BCUT2D eigenvalue weighted by Crippen LogP contribution is 2.49. The van der Waals surface area contributed by atoms with Gasteiger partial charge in [0.1, 0.15) is 0 Å². The molecule has 58 heavy (non-hydrogen) atoms. The van der Waals surface area contributed by atoms with E-state index in [0.717, 1.165) is 22.3 Å². The second-order valence-corrected chi connectivity index (χ2v) is 16.7. The summed E-state index contributed by atoms with van der Waals surface area (Å²) in [5, 5.41) is 2.37.